The normalized spacial score (nSPS) is 12.2. The zero-order valence-electron chi connectivity index (χ0n) is 17.0. The number of ether oxygens (including phenoxy) is 2. The van der Waals surface area contributed by atoms with Crippen LogP contribution in [-0.2, 0) is 7.05 Å². The number of methoxy groups -OCH3 is 2. The lowest BCUT2D eigenvalue weighted by molar-refractivity contribution is 0.0938. The Kier molecular flexibility index (Phi) is 5.90. The standard InChI is InChI=1S/C22H27N3O3/c1-24(2)19(17-14-25(3)18-11-7-6-9-15(17)18)13-23-22(26)16-10-8-12-20(27-4)21(16)28-5/h6-12,14,19H,13H2,1-5H3,(H,23,26)/t19-/m1/s1. The molecular weight excluding hydrogens is 354 g/mol. The van der Waals surface area contributed by atoms with Gasteiger partial charge in [0, 0.05) is 30.7 Å². The first-order valence-corrected chi connectivity index (χ1v) is 9.17. The second-order valence-electron chi connectivity index (χ2n) is 6.94. The smallest absolute Gasteiger partial charge is 0.255 e. The number of carbonyl (C=O) groups is 1. The van der Waals surface area contributed by atoms with Crippen LogP contribution in [0.15, 0.2) is 48.7 Å². The molecule has 0 radical (unpaired) electrons. The number of carbonyl (C=O) groups excluding carboxylic acids is 1. The van der Waals surface area contributed by atoms with Gasteiger partial charge in [0.05, 0.1) is 25.8 Å². The largest absolute Gasteiger partial charge is 0.493 e. The van der Waals surface area contributed by atoms with E-state index >= 15 is 0 Å². The molecule has 0 saturated heterocycles. The lowest BCUT2D eigenvalue weighted by atomic mass is 10.0. The zero-order chi connectivity index (χ0) is 20.3. The van der Waals surface area contributed by atoms with Crippen LogP contribution in [0.3, 0.4) is 0 Å². The molecule has 3 aromatic rings. The van der Waals surface area contributed by atoms with Crippen molar-refractivity contribution in [2.24, 2.45) is 7.05 Å². The van der Waals surface area contributed by atoms with Gasteiger partial charge in [-0.25, -0.2) is 0 Å². The van der Waals surface area contributed by atoms with Crippen molar-refractivity contribution < 1.29 is 14.3 Å². The number of likely N-dealkylation sites (N-methyl/N-ethyl adjacent to an activating group) is 1. The van der Waals surface area contributed by atoms with Crippen LogP contribution in [0.2, 0.25) is 0 Å². The van der Waals surface area contributed by atoms with E-state index in [1.54, 1.807) is 25.3 Å². The minimum Gasteiger partial charge on any atom is -0.493 e. The second-order valence-corrected chi connectivity index (χ2v) is 6.94. The van der Waals surface area contributed by atoms with Crippen molar-refractivity contribution in [3.05, 3.63) is 59.8 Å². The summed E-state index contributed by atoms with van der Waals surface area (Å²) in [5.41, 5.74) is 2.81. The predicted molar refractivity (Wildman–Crippen MR) is 111 cm³/mol. The van der Waals surface area contributed by atoms with Gasteiger partial charge in [0.1, 0.15) is 0 Å². The summed E-state index contributed by atoms with van der Waals surface area (Å²) in [6, 6.07) is 13.6. The minimum atomic E-state index is -0.192. The Morgan fingerprint density at radius 1 is 1.11 bits per heavy atom. The van der Waals surface area contributed by atoms with Gasteiger partial charge in [0.25, 0.3) is 5.91 Å². The molecule has 0 spiro atoms. The van der Waals surface area contributed by atoms with Crippen LogP contribution >= 0.6 is 0 Å². The highest BCUT2D eigenvalue weighted by atomic mass is 16.5. The number of amides is 1. The lowest BCUT2D eigenvalue weighted by Crippen LogP contribution is -2.34. The monoisotopic (exact) mass is 381 g/mol. The van der Waals surface area contributed by atoms with Crippen LogP contribution in [0, 0.1) is 0 Å². The van der Waals surface area contributed by atoms with Crippen LogP contribution in [0.5, 0.6) is 11.5 Å². The fourth-order valence-corrected chi connectivity index (χ4v) is 3.56. The average Bonchev–Trinajstić information content (AvgIpc) is 3.03. The number of hydrogen-bond donors (Lipinski definition) is 1. The Hall–Kier alpha value is -2.99. The number of benzene rings is 2. The first kappa shape index (κ1) is 19.8. The molecule has 0 saturated carbocycles. The van der Waals surface area contributed by atoms with Crippen LogP contribution in [-0.4, -0.2) is 50.2 Å². The molecule has 1 heterocycles. The van der Waals surface area contributed by atoms with Gasteiger partial charge < -0.3 is 24.3 Å². The molecule has 148 valence electrons. The Morgan fingerprint density at radius 2 is 1.86 bits per heavy atom. The van der Waals surface area contributed by atoms with E-state index in [2.05, 4.69) is 33.1 Å². The zero-order valence-corrected chi connectivity index (χ0v) is 17.0. The number of nitrogens with zero attached hydrogens (tertiary/aromatic N) is 2. The summed E-state index contributed by atoms with van der Waals surface area (Å²) in [6.07, 6.45) is 2.13. The molecule has 0 aliphatic heterocycles. The molecule has 2 aromatic carbocycles. The number of aryl methyl sites for hydroxylation is 1. The van der Waals surface area contributed by atoms with Gasteiger partial charge in [-0.15, -0.1) is 0 Å². The molecule has 3 rings (SSSR count). The van der Waals surface area contributed by atoms with Crippen molar-refractivity contribution >= 4 is 16.8 Å². The maximum absolute atomic E-state index is 12.8. The maximum atomic E-state index is 12.8. The number of nitrogens with one attached hydrogen (secondary N) is 1. The summed E-state index contributed by atoms with van der Waals surface area (Å²) in [6.45, 7) is 0.472. The van der Waals surface area contributed by atoms with Gasteiger partial charge in [-0.2, -0.15) is 0 Å². The van der Waals surface area contributed by atoms with E-state index in [4.69, 9.17) is 9.47 Å². The molecule has 1 amide bonds. The summed E-state index contributed by atoms with van der Waals surface area (Å²) in [7, 11) is 9.17. The molecule has 1 aromatic heterocycles. The fourth-order valence-electron chi connectivity index (χ4n) is 3.56. The summed E-state index contributed by atoms with van der Waals surface area (Å²) in [5, 5.41) is 4.25. The summed E-state index contributed by atoms with van der Waals surface area (Å²) in [4.78, 5) is 15.0. The van der Waals surface area contributed by atoms with Crippen molar-refractivity contribution in [1.29, 1.82) is 0 Å². The molecule has 0 unspecified atom stereocenters. The first-order chi connectivity index (χ1) is 13.5. The van der Waals surface area contributed by atoms with Crippen LogP contribution in [0.25, 0.3) is 10.9 Å². The third kappa shape index (κ3) is 3.68. The van der Waals surface area contributed by atoms with E-state index in [-0.39, 0.29) is 11.9 Å². The molecule has 1 N–H and O–H groups in total. The quantitative estimate of drug-likeness (QED) is 0.683. The highest BCUT2D eigenvalue weighted by Crippen LogP contribution is 2.31. The van der Waals surface area contributed by atoms with E-state index in [0.717, 1.165) is 0 Å². The van der Waals surface area contributed by atoms with Gasteiger partial charge in [-0.3, -0.25) is 4.79 Å². The molecule has 1 atom stereocenters. The number of hydrogen-bond acceptors (Lipinski definition) is 4. The SMILES string of the molecule is COc1cccc(C(=O)NC[C@H](c2cn(C)c3ccccc23)N(C)C)c1OC. The van der Waals surface area contributed by atoms with E-state index in [1.807, 2.05) is 33.3 Å². The topological polar surface area (TPSA) is 55.7 Å². The number of para-hydroxylation sites is 2. The van der Waals surface area contributed by atoms with E-state index in [9.17, 15) is 4.79 Å². The van der Waals surface area contributed by atoms with Gasteiger partial charge in [0.2, 0.25) is 0 Å². The highest BCUT2D eigenvalue weighted by molar-refractivity contribution is 5.98. The molecule has 28 heavy (non-hydrogen) atoms. The first-order valence-electron chi connectivity index (χ1n) is 9.17. The lowest BCUT2D eigenvalue weighted by Gasteiger charge is -2.25. The summed E-state index contributed by atoms with van der Waals surface area (Å²) < 4.78 is 12.8. The van der Waals surface area contributed by atoms with Gasteiger partial charge >= 0.3 is 0 Å². The van der Waals surface area contributed by atoms with Crippen LogP contribution in [0.1, 0.15) is 22.0 Å². The minimum absolute atomic E-state index is 0.0339. The second kappa shape index (κ2) is 8.35. The predicted octanol–water partition coefficient (Wildman–Crippen LogP) is 3.23. The molecule has 0 aliphatic carbocycles. The third-order valence-electron chi connectivity index (χ3n) is 5.01. The van der Waals surface area contributed by atoms with Crippen molar-refractivity contribution in [3.63, 3.8) is 0 Å². The van der Waals surface area contributed by atoms with Gasteiger partial charge in [-0.05, 0) is 37.9 Å². The number of rotatable bonds is 7. The average molecular weight is 381 g/mol. The summed E-state index contributed by atoms with van der Waals surface area (Å²) in [5.74, 6) is 0.783. The van der Waals surface area contributed by atoms with Gasteiger partial charge in [-0.1, -0.05) is 24.3 Å². The van der Waals surface area contributed by atoms with Crippen molar-refractivity contribution in [1.82, 2.24) is 14.8 Å². The highest BCUT2D eigenvalue weighted by Gasteiger charge is 2.22. The summed E-state index contributed by atoms with van der Waals surface area (Å²) >= 11 is 0. The van der Waals surface area contributed by atoms with E-state index < -0.39 is 0 Å². The molecule has 0 bridgehead atoms. The number of aromatic nitrogens is 1. The van der Waals surface area contributed by atoms with E-state index in [1.165, 1.54) is 23.6 Å². The molecule has 0 fully saturated rings. The Bertz CT molecular complexity index is 978. The fraction of sp³-hybridized carbons (Fsp3) is 0.318. The van der Waals surface area contributed by atoms with Crippen molar-refractivity contribution in [2.75, 3.05) is 34.9 Å². The van der Waals surface area contributed by atoms with E-state index in [0.29, 0.717) is 23.6 Å². The Morgan fingerprint density at radius 3 is 2.54 bits per heavy atom. The maximum Gasteiger partial charge on any atom is 0.255 e. The Balaban J connectivity index is 1.86. The van der Waals surface area contributed by atoms with Crippen molar-refractivity contribution in [3.8, 4) is 11.5 Å². The molecule has 6 nitrogen and oxygen atoms in total. The van der Waals surface area contributed by atoms with Crippen LogP contribution < -0.4 is 14.8 Å². The molecular formula is C22H27N3O3. The third-order valence-corrected chi connectivity index (χ3v) is 5.01. The van der Waals surface area contributed by atoms with Crippen molar-refractivity contribution in [2.45, 2.75) is 6.04 Å². The van der Waals surface area contributed by atoms with Gasteiger partial charge in [0.15, 0.2) is 11.5 Å². The van der Waals surface area contributed by atoms with Crippen LogP contribution in [0.4, 0.5) is 0 Å². The Labute approximate surface area is 165 Å². The molecule has 0 aliphatic rings. The molecule has 6 heteroatoms. The number of fused-ring (bicyclic) bond motifs is 1.